The molecule has 0 amide bonds. The van der Waals surface area contributed by atoms with Crippen molar-refractivity contribution in [2.45, 2.75) is 0 Å². The number of anilines is 1. The molecule has 58 valence electrons. The minimum Gasteiger partial charge on any atom is -0.397 e. The molecule has 1 heterocycles. The van der Waals surface area contributed by atoms with Gasteiger partial charge in [-0.3, -0.25) is 0 Å². The van der Waals surface area contributed by atoms with Gasteiger partial charge >= 0.3 is 5.82 Å². The number of rotatable bonds is 1. The second-order valence-electron chi connectivity index (χ2n) is 1.79. The van der Waals surface area contributed by atoms with Crippen molar-refractivity contribution < 1.29 is 4.92 Å². The first-order valence-corrected chi connectivity index (χ1v) is 3.46. The summed E-state index contributed by atoms with van der Waals surface area (Å²) in [6, 6.07) is 1.48. The van der Waals surface area contributed by atoms with E-state index in [9.17, 15) is 10.1 Å². The predicted molar refractivity (Wildman–Crippen MR) is 43.0 cm³/mol. The van der Waals surface area contributed by atoms with Gasteiger partial charge in [-0.05, 0) is 25.8 Å². The van der Waals surface area contributed by atoms with Gasteiger partial charge in [-0.2, -0.15) is 0 Å². The molecule has 2 N–H and O–H groups in total. The number of aromatic nitrogens is 1. The SMILES string of the molecule is Nc1ccnc([N+](=O)[O-])c1Br. The highest BCUT2D eigenvalue weighted by Gasteiger charge is 2.14. The predicted octanol–water partition coefficient (Wildman–Crippen LogP) is 1.33. The minimum absolute atomic E-state index is 0.227. The molecule has 6 heteroatoms. The topological polar surface area (TPSA) is 82.0 Å². The highest BCUT2D eigenvalue weighted by Crippen LogP contribution is 2.26. The lowest BCUT2D eigenvalue weighted by molar-refractivity contribution is -0.390. The van der Waals surface area contributed by atoms with Crippen molar-refractivity contribution in [1.29, 1.82) is 0 Å². The van der Waals surface area contributed by atoms with Crippen LogP contribution in [0.15, 0.2) is 16.7 Å². The lowest BCUT2D eigenvalue weighted by Crippen LogP contribution is -1.96. The van der Waals surface area contributed by atoms with E-state index in [4.69, 9.17) is 5.73 Å². The van der Waals surface area contributed by atoms with Crippen LogP contribution in [0.3, 0.4) is 0 Å². The molecule has 0 spiro atoms. The Morgan fingerprint density at radius 3 is 2.82 bits per heavy atom. The quantitative estimate of drug-likeness (QED) is 0.569. The van der Waals surface area contributed by atoms with E-state index in [0.717, 1.165) is 0 Å². The van der Waals surface area contributed by atoms with Gasteiger partial charge in [-0.1, -0.05) is 0 Å². The lowest BCUT2D eigenvalue weighted by Gasteiger charge is -1.96. The van der Waals surface area contributed by atoms with E-state index in [1.54, 1.807) is 0 Å². The molecule has 0 fully saturated rings. The number of nitrogens with zero attached hydrogens (tertiary/aromatic N) is 2. The molecule has 0 atom stereocenters. The van der Waals surface area contributed by atoms with E-state index in [1.807, 2.05) is 0 Å². The van der Waals surface area contributed by atoms with Crippen LogP contribution >= 0.6 is 15.9 Å². The molecule has 0 bridgehead atoms. The maximum absolute atomic E-state index is 10.2. The lowest BCUT2D eigenvalue weighted by atomic mass is 10.4. The summed E-state index contributed by atoms with van der Waals surface area (Å²) in [7, 11) is 0. The standard InChI is InChI=1S/C5H4BrN3O2/c6-4-3(7)1-2-8-5(4)9(10)11/h1-2H,(H2,7,8). The third-order valence-electron chi connectivity index (χ3n) is 1.07. The molecule has 0 radical (unpaired) electrons. The van der Waals surface area contributed by atoms with Crippen LogP contribution in [-0.2, 0) is 0 Å². The van der Waals surface area contributed by atoms with Crippen molar-refractivity contribution in [2.75, 3.05) is 5.73 Å². The smallest absolute Gasteiger partial charge is 0.379 e. The number of nitro groups is 1. The Morgan fingerprint density at radius 2 is 2.36 bits per heavy atom. The normalized spacial score (nSPS) is 9.55. The Labute approximate surface area is 70.5 Å². The second-order valence-corrected chi connectivity index (χ2v) is 2.59. The molecule has 0 aromatic carbocycles. The van der Waals surface area contributed by atoms with E-state index in [-0.39, 0.29) is 10.3 Å². The first-order valence-electron chi connectivity index (χ1n) is 2.67. The van der Waals surface area contributed by atoms with Crippen molar-refractivity contribution in [3.63, 3.8) is 0 Å². The van der Waals surface area contributed by atoms with Gasteiger partial charge in [-0.15, -0.1) is 0 Å². The minimum atomic E-state index is -0.597. The largest absolute Gasteiger partial charge is 0.397 e. The molecule has 0 saturated carbocycles. The summed E-state index contributed by atoms with van der Waals surface area (Å²) in [5.74, 6) is -0.259. The van der Waals surface area contributed by atoms with Crippen LogP contribution in [0.1, 0.15) is 0 Å². The first kappa shape index (κ1) is 7.93. The monoisotopic (exact) mass is 217 g/mol. The van der Waals surface area contributed by atoms with E-state index < -0.39 is 4.92 Å². The summed E-state index contributed by atoms with van der Waals surface area (Å²) in [5.41, 5.74) is 5.68. The Kier molecular flexibility index (Phi) is 2.04. The van der Waals surface area contributed by atoms with Gasteiger partial charge < -0.3 is 15.8 Å². The molecule has 1 aromatic rings. The fourth-order valence-corrected chi connectivity index (χ4v) is 0.954. The van der Waals surface area contributed by atoms with E-state index in [0.29, 0.717) is 5.69 Å². The van der Waals surface area contributed by atoms with Crippen LogP contribution in [0, 0.1) is 10.1 Å². The van der Waals surface area contributed by atoms with Crippen LogP contribution < -0.4 is 5.73 Å². The van der Waals surface area contributed by atoms with Gasteiger partial charge in [0.25, 0.3) is 0 Å². The number of halogens is 1. The maximum Gasteiger partial charge on any atom is 0.379 e. The van der Waals surface area contributed by atoms with Gasteiger partial charge in [0.15, 0.2) is 0 Å². The van der Waals surface area contributed by atoms with E-state index in [2.05, 4.69) is 20.9 Å². The number of nitrogen functional groups attached to an aromatic ring is 1. The molecular formula is C5H4BrN3O2. The molecule has 0 unspecified atom stereocenters. The number of pyridine rings is 1. The fourth-order valence-electron chi connectivity index (χ4n) is 0.574. The average Bonchev–Trinajstić information content (AvgIpc) is 1.94. The van der Waals surface area contributed by atoms with Gasteiger partial charge in [0.2, 0.25) is 0 Å². The van der Waals surface area contributed by atoms with Gasteiger partial charge in [0.1, 0.15) is 10.7 Å². The van der Waals surface area contributed by atoms with Crippen molar-refractivity contribution in [3.05, 3.63) is 26.9 Å². The molecule has 1 rings (SSSR count). The summed E-state index contributed by atoms with van der Waals surface area (Å²) in [4.78, 5) is 13.1. The fraction of sp³-hybridized carbons (Fsp3) is 0. The van der Waals surface area contributed by atoms with Crippen LogP contribution in [0.5, 0.6) is 0 Å². The Hall–Kier alpha value is -1.17. The van der Waals surface area contributed by atoms with Crippen molar-refractivity contribution in [1.82, 2.24) is 4.98 Å². The molecule has 0 aliphatic heterocycles. The maximum atomic E-state index is 10.2. The van der Waals surface area contributed by atoms with Crippen LogP contribution in [0.2, 0.25) is 0 Å². The molecular weight excluding hydrogens is 214 g/mol. The molecule has 0 saturated heterocycles. The Bertz CT molecular complexity index is 302. The Morgan fingerprint density at radius 1 is 1.73 bits per heavy atom. The van der Waals surface area contributed by atoms with E-state index >= 15 is 0 Å². The summed E-state index contributed by atoms with van der Waals surface area (Å²) >= 11 is 2.95. The average molecular weight is 218 g/mol. The molecule has 0 aliphatic rings. The highest BCUT2D eigenvalue weighted by molar-refractivity contribution is 9.10. The van der Waals surface area contributed by atoms with Crippen LogP contribution in [-0.4, -0.2) is 9.91 Å². The van der Waals surface area contributed by atoms with Crippen LogP contribution in [0.4, 0.5) is 11.5 Å². The summed E-state index contributed by atoms with van der Waals surface area (Å²) in [6.45, 7) is 0. The van der Waals surface area contributed by atoms with Gasteiger partial charge in [-0.25, -0.2) is 0 Å². The van der Waals surface area contributed by atoms with Crippen molar-refractivity contribution >= 4 is 27.4 Å². The van der Waals surface area contributed by atoms with Crippen molar-refractivity contribution in [2.24, 2.45) is 0 Å². The van der Waals surface area contributed by atoms with Gasteiger partial charge in [0.05, 0.1) is 5.69 Å². The zero-order valence-corrected chi connectivity index (χ0v) is 6.91. The van der Waals surface area contributed by atoms with Crippen molar-refractivity contribution in [3.8, 4) is 0 Å². The number of nitrogens with two attached hydrogens (primary N) is 1. The van der Waals surface area contributed by atoms with Crippen LogP contribution in [0.25, 0.3) is 0 Å². The summed E-state index contributed by atoms with van der Waals surface area (Å²) < 4.78 is 0.227. The highest BCUT2D eigenvalue weighted by atomic mass is 79.9. The molecule has 1 aromatic heterocycles. The summed E-state index contributed by atoms with van der Waals surface area (Å²) in [5, 5.41) is 10.2. The van der Waals surface area contributed by atoms with Gasteiger partial charge in [0, 0.05) is 6.07 Å². The molecule has 11 heavy (non-hydrogen) atoms. The first-order chi connectivity index (χ1) is 5.13. The number of hydrogen-bond acceptors (Lipinski definition) is 4. The second kappa shape index (κ2) is 2.83. The summed E-state index contributed by atoms with van der Waals surface area (Å²) in [6.07, 6.45) is 1.29. The van der Waals surface area contributed by atoms with E-state index in [1.165, 1.54) is 12.3 Å². The third kappa shape index (κ3) is 1.45. The third-order valence-corrected chi connectivity index (χ3v) is 1.89. The zero-order chi connectivity index (χ0) is 8.43. The molecule has 0 aliphatic carbocycles. The Balaban J connectivity index is 3.27. The number of hydrogen-bond donors (Lipinski definition) is 1. The zero-order valence-electron chi connectivity index (χ0n) is 5.32. The molecule has 5 nitrogen and oxygen atoms in total.